The van der Waals surface area contributed by atoms with Crippen molar-refractivity contribution in [3.63, 3.8) is 0 Å². The monoisotopic (exact) mass is 304 g/mol. The molecule has 1 aromatic heterocycles. The number of rotatable bonds is 5. The van der Waals surface area contributed by atoms with E-state index < -0.39 is 5.97 Å². The molecule has 0 aliphatic rings. The number of hydrogen-bond donors (Lipinski definition) is 0. The molecular weight excluding hydrogens is 288 g/mol. The van der Waals surface area contributed by atoms with Crippen molar-refractivity contribution >= 4 is 12.3 Å². The minimum absolute atomic E-state index is 0.0418. The van der Waals surface area contributed by atoms with E-state index in [0.29, 0.717) is 29.0 Å². The van der Waals surface area contributed by atoms with E-state index in [4.69, 9.17) is 9.47 Å². The highest BCUT2D eigenvalue weighted by Crippen LogP contribution is 2.35. The zero-order valence-corrected chi connectivity index (χ0v) is 12.7. The van der Waals surface area contributed by atoms with Crippen LogP contribution in [0.4, 0.5) is 0 Å². The van der Waals surface area contributed by atoms with Gasteiger partial charge in [0.15, 0.2) is 12.0 Å². The number of hydrogen-bond acceptors (Lipinski definition) is 6. The molecule has 0 fully saturated rings. The first kappa shape index (κ1) is 15.6. The quantitative estimate of drug-likeness (QED) is 0.618. The van der Waals surface area contributed by atoms with Gasteiger partial charge in [-0.2, -0.15) is 5.10 Å². The first-order valence-corrected chi connectivity index (χ1v) is 6.40. The summed E-state index contributed by atoms with van der Waals surface area (Å²) in [5.74, 6) is 0.447. The second-order valence-electron chi connectivity index (χ2n) is 4.41. The van der Waals surface area contributed by atoms with Gasteiger partial charge >= 0.3 is 5.97 Å². The van der Waals surface area contributed by atoms with Gasteiger partial charge in [-0.25, -0.2) is 4.79 Å². The van der Waals surface area contributed by atoms with Gasteiger partial charge in [0, 0.05) is 12.6 Å². The zero-order chi connectivity index (χ0) is 16.3. The molecule has 0 spiro atoms. The number of carbonyl (C=O) groups excluding carboxylic acids is 2. The highest BCUT2D eigenvalue weighted by molar-refractivity contribution is 6.01. The fourth-order valence-corrected chi connectivity index (χ4v) is 2.22. The number of aromatic nitrogens is 2. The Bertz CT molecular complexity index is 721. The van der Waals surface area contributed by atoms with Gasteiger partial charge in [-0.3, -0.25) is 9.48 Å². The molecule has 0 aliphatic heterocycles. The standard InChI is InChI=1S/C15H16N2O5/c1-17-14(11(8-18)13(16-17)15(19)22-4)10-7-9(20-2)5-6-12(10)21-3/h5-8H,1-4H3. The topological polar surface area (TPSA) is 79.7 Å². The third-order valence-corrected chi connectivity index (χ3v) is 3.24. The Morgan fingerprint density at radius 2 is 1.95 bits per heavy atom. The molecule has 116 valence electrons. The summed E-state index contributed by atoms with van der Waals surface area (Å²) >= 11 is 0. The van der Waals surface area contributed by atoms with Crippen LogP contribution in [0.25, 0.3) is 11.3 Å². The van der Waals surface area contributed by atoms with Crippen LogP contribution < -0.4 is 9.47 Å². The van der Waals surface area contributed by atoms with Crippen molar-refractivity contribution in [2.45, 2.75) is 0 Å². The molecule has 0 aliphatic carbocycles. The molecule has 0 saturated carbocycles. The van der Waals surface area contributed by atoms with Crippen LogP contribution in [0, 0.1) is 0 Å². The SMILES string of the molecule is COC(=O)c1nn(C)c(-c2cc(OC)ccc2OC)c1C=O. The lowest BCUT2D eigenvalue weighted by Crippen LogP contribution is -2.05. The van der Waals surface area contributed by atoms with Gasteiger partial charge in [-0.15, -0.1) is 0 Å². The van der Waals surface area contributed by atoms with E-state index in [1.54, 1.807) is 25.2 Å². The van der Waals surface area contributed by atoms with Crippen molar-refractivity contribution < 1.29 is 23.8 Å². The van der Waals surface area contributed by atoms with E-state index >= 15 is 0 Å². The molecule has 0 unspecified atom stereocenters. The zero-order valence-electron chi connectivity index (χ0n) is 12.7. The number of nitrogens with zero attached hydrogens (tertiary/aromatic N) is 2. The van der Waals surface area contributed by atoms with Crippen LogP contribution in [0.15, 0.2) is 18.2 Å². The molecule has 0 amide bonds. The van der Waals surface area contributed by atoms with Crippen LogP contribution >= 0.6 is 0 Å². The molecule has 2 rings (SSSR count). The molecule has 2 aromatic rings. The molecule has 7 nitrogen and oxygen atoms in total. The predicted octanol–water partition coefficient (Wildman–Crippen LogP) is 1.70. The highest BCUT2D eigenvalue weighted by atomic mass is 16.5. The second kappa shape index (κ2) is 6.30. The number of carbonyl (C=O) groups is 2. The summed E-state index contributed by atoms with van der Waals surface area (Å²) in [5, 5.41) is 4.07. The summed E-state index contributed by atoms with van der Waals surface area (Å²) in [5.41, 5.74) is 1.14. The lowest BCUT2D eigenvalue weighted by molar-refractivity contribution is 0.0591. The van der Waals surface area contributed by atoms with E-state index in [9.17, 15) is 9.59 Å². The number of benzene rings is 1. The molecular formula is C15H16N2O5. The number of aryl methyl sites for hydroxylation is 1. The van der Waals surface area contributed by atoms with Crippen molar-refractivity contribution in [1.82, 2.24) is 9.78 Å². The Kier molecular flexibility index (Phi) is 4.45. The molecule has 0 bridgehead atoms. The number of methoxy groups -OCH3 is 3. The van der Waals surface area contributed by atoms with Crippen LogP contribution in [0.3, 0.4) is 0 Å². The molecule has 0 N–H and O–H groups in total. The Hall–Kier alpha value is -2.83. The van der Waals surface area contributed by atoms with E-state index in [2.05, 4.69) is 9.84 Å². The lowest BCUT2D eigenvalue weighted by atomic mass is 10.0. The van der Waals surface area contributed by atoms with E-state index in [-0.39, 0.29) is 11.3 Å². The van der Waals surface area contributed by atoms with E-state index in [0.717, 1.165) is 0 Å². The van der Waals surface area contributed by atoms with Crippen molar-refractivity contribution in [3.05, 3.63) is 29.5 Å². The summed E-state index contributed by atoms with van der Waals surface area (Å²) in [4.78, 5) is 23.2. The van der Waals surface area contributed by atoms with Crippen molar-refractivity contribution in [2.24, 2.45) is 7.05 Å². The Morgan fingerprint density at radius 1 is 1.23 bits per heavy atom. The second-order valence-corrected chi connectivity index (χ2v) is 4.41. The van der Waals surface area contributed by atoms with Gasteiger partial charge in [0.2, 0.25) is 0 Å². The molecule has 7 heteroatoms. The summed E-state index contributed by atoms with van der Waals surface area (Å²) in [6, 6.07) is 5.16. The maximum absolute atomic E-state index is 11.8. The molecule has 0 atom stereocenters. The minimum atomic E-state index is -0.675. The number of aldehydes is 1. The van der Waals surface area contributed by atoms with Gasteiger partial charge in [0.25, 0.3) is 0 Å². The highest BCUT2D eigenvalue weighted by Gasteiger charge is 2.25. The molecule has 1 aromatic carbocycles. The van der Waals surface area contributed by atoms with Crippen molar-refractivity contribution in [1.29, 1.82) is 0 Å². The van der Waals surface area contributed by atoms with Gasteiger partial charge < -0.3 is 14.2 Å². The average Bonchev–Trinajstić information content (AvgIpc) is 2.89. The smallest absolute Gasteiger partial charge is 0.359 e. The number of ether oxygens (including phenoxy) is 3. The first-order chi connectivity index (χ1) is 10.6. The summed E-state index contributed by atoms with van der Waals surface area (Å²) in [6.07, 6.45) is 0.577. The van der Waals surface area contributed by atoms with Crippen molar-refractivity contribution in [3.8, 4) is 22.8 Å². The fraction of sp³-hybridized carbons (Fsp3) is 0.267. The Morgan fingerprint density at radius 3 is 2.50 bits per heavy atom. The Balaban J connectivity index is 2.74. The van der Waals surface area contributed by atoms with Crippen LogP contribution in [0.1, 0.15) is 20.8 Å². The lowest BCUT2D eigenvalue weighted by Gasteiger charge is -2.11. The van der Waals surface area contributed by atoms with Crippen molar-refractivity contribution in [2.75, 3.05) is 21.3 Å². The average molecular weight is 304 g/mol. The normalized spacial score (nSPS) is 10.2. The largest absolute Gasteiger partial charge is 0.497 e. The van der Waals surface area contributed by atoms with E-state index in [1.165, 1.54) is 26.0 Å². The fourth-order valence-electron chi connectivity index (χ4n) is 2.22. The number of esters is 1. The molecule has 0 radical (unpaired) electrons. The third-order valence-electron chi connectivity index (χ3n) is 3.24. The predicted molar refractivity (Wildman–Crippen MR) is 78.5 cm³/mol. The summed E-state index contributed by atoms with van der Waals surface area (Å²) in [7, 11) is 5.92. The van der Waals surface area contributed by atoms with E-state index in [1.807, 2.05) is 0 Å². The maximum atomic E-state index is 11.8. The first-order valence-electron chi connectivity index (χ1n) is 6.40. The third kappa shape index (κ3) is 2.52. The molecule has 22 heavy (non-hydrogen) atoms. The van der Waals surface area contributed by atoms with Crippen LogP contribution in [0.5, 0.6) is 11.5 Å². The molecule has 0 saturated heterocycles. The van der Waals surface area contributed by atoms with Gasteiger partial charge in [0.1, 0.15) is 11.5 Å². The summed E-state index contributed by atoms with van der Waals surface area (Å²) < 4.78 is 16.6. The Labute approximate surface area is 127 Å². The molecule has 1 heterocycles. The summed E-state index contributed by atoms with van der Waals surface area (Å²) in [6.45, 7) is 0. The van der Waals surface area contributed by atoms with Crippen LogP contribution in [-0.2, 0) is 11.8 Å². The van der Waals surface area contributed by atoms with Gasteiger partial charge in [-0.1, -0.05) is 0 Å². The van der Waals surface area contributed by atoms with Gasteiger partial charge in [0.05, 0.1) is 32.6 Å². The van der Waals surface area contributed by atoms with Crippen LogP contribution in [0.2, 0.25) is 0 Å². The minimum Gasteiger partial charge on any atom is -0.497 e. The maximum Gasteiger partial charge on any atom is 0.359 e. The van der Waals surface area contributed by atoms with Gasteiger partial charge in [-0.05, 0) is 18.2 Å². The van der Waals surface area contributed by atoms with Crippen LogP contribution in [-0.4, -0.2) is 43.4 Å².